The Kier molecular flexibility index (Phi) is 10.8. The second-order valence-corrected chi connectivity index (χ2v) is 8.88. The first kappa shape index (κ1) is 22.9. The average molecular weight is 348 g/mol. The Labute approximate surface area is 125 Å². The molecule has 22 heavy (non-hydrogen) atoms. The summed E-state index contributed by atoms with van der Waals surface area (Å²) in [6.45, 7) is 0. The van der Waals surface area contributed by atoms with Gasteiger partial charge in [-0.3, -0.25) is 9.59 Å². The summed E-state index contributed by atoms with van der Waals surface area (Å²) >= 11 is 0. The zero-order valence-corrected chi connectivity index (χ0v) is 12.5. The predicted molar refractivity (Wildman–Crippen MR) is 73.7 cm³/mol. The van der Waals surface area contributed by atoms with Crippen molar-refractivity contribution in [2.45, 2.75) is 18.4 Å². The van der Waals surface area contributed by atoms with Crippen LogP contribution in [0, 0.1) is 0 Å². The summed E-state index contributed by atoms with van der Waals surface area (Å²) < 4.78 is 0. The molecule has 12 heteroatoms. The van der Waals surface area contributed by atoms with E-state index in [4.69, 9.17) is 40.9 Å². The van der Waals surface area contributed by atoms with Gasteiger partial charge in [0.2, 0.25) is 0 Å². The van der Waals surface area contributed by atoms with E-state index in [1.807, 2.05) is 0 Å². The van der Waals surface area contributed by atoms with Gasteiger partial charge >= 0.3 is 71.0 Å². The Morgan fingerprint density at radius 3 is 1.09 bits per heavy atom. The van der Waals surface area contributed by atoms with Crippen molar-refractivity contribution in [1.29, 1.82) is 0 Å². The third-order valence-corrected chi connectivity index (χ3v) is 5.31. The monoisotopic (exact) mass is 348 g/mol. The molecule has 0 unspecified atom stereocenters. The molecule has 0 fully saturated rings. The van der Waals surface area contributed by atoms with E-state index in [9.17, 15) is 14.4 Å². The van der Waals surface area contributed by atoms with Gasteiger partial charge < -0.3 is 20.4 Å². The van der Waals surface area contributed by atoms with Crippen LogP contribution in [0.4, 0.5) is 0 Å². The van der Waals surface area contributed by atoms with Crippen LogP contribution >= 0.6 is 7.26 Å². The van der Waals surface area contributed by atoms with Crippen molar-refractivity contribution < 1.29 is 55.2 Å². The summed E-state index contributed by atoms with van der Waals surface area (Å²) in [6, 6.07) is 0. The zero-order valence-electron chi connectivity index (χ0n) is 11.5. The van der Waals surface area contributed by atoms with Crippen LogP contribution in [0.2, 0.25) is 0 Å². The van der Waals surface area contributed by atoms with Crippen LogP contribution in [0.1, 0.15) is 12.8 Å². The van der Waals surface area contributed by atoms with E-state index >= 15 is 0 Å². The molecule has 0 aliphatic rings. The summed E-state index contributed by atoms with van der Waals surface area (Å²) in [4.78, 5) is 30.5. The maximum absolute atomic E-state index is 10.3. The fraction of sp³-hybridized carbons (Fsp3) is 0.700. The maximum atomic E-state index is 10.3. The van der Waals surface area contributed by atoms with E-state index in [0.717, 1.165) is 0 Å². The third kappa shape index (κ3) is 8.17. The topological polar surface area (TPSA) is 213 Å². The molecular formula is C10H21O11P. The van der Waals surface area contributed by atoms with Crippen molar-refractivity contribution >= 4 is 25.2 Å². The van der Waals surface area contributed by atoms with Crippen LogP contribution in [0.5, 0.6) is 0 Å². The number of carboxylic acids is 3. The van der Waals surface area contributed by atoms with Crippen molar-refractivity contribution in [3.05, 3.63) is 0 Å². The molecule has 0 spiro atoms. The van der Waals surface area contributed by atoms with Crippen LogP contribution in [0.15, 0.2) is 0 Å². The number of carboxylic acid groups (broad SMARTS) is 3. The molecule has 0 aromatic heterocycles. The Balaban J connectivity index is 0. The Morgan fingerprint density at radius 1 is 0.727 bits per heavy atom. The number of hydrogen-bond donors (Lipinski definition) is 8. The van der Waals surface area contributed by atoms with Crippen LogP contribution in [0.3, 0.4) is 0 Å². The molecule has 0 saturated carbocycles. The minimum atomic E-state index is -2.74. The average Bonchev–Trinajstić information content (AvgIpc) is 2.40. The van der Waals surface area contributed by atoms with Gasteiger partial charge in [-0.1, -0.05) is 0 Å². The first-order valence-electron chi connectivity index (χ1n) is 5.85. The van der Waals surface area contributed by atoms with Crippen molar-refractivity contribution in [3.8, 4) is 0 Å². The first-order valence-corrected chi connectivity index (χ1v) is 8.68. The molecule has 0 rings (SSSR count). The number of rotatable bonds is 9. The van der Waals surface area contributed by atoms with E-state index < -0.39 is 43.6 Å². The molecule has 0 bridgehead atoms. The van der Waals surface area contributed by atoms with Gasteiger partial charge in [0.05, 0.1) is 12.8 Å². The zero-order chi connectivity index (χ0) is 18.0. The summed E-state index contributed by atoms with van der Waals surface area (Å²) in [6.07, 6.45) is -3.36. The molecule has 0 saturated heterocycles. The van der Waals surface area contributed by atoms with Crippen LogP contribution in [-0.2, 0) is 14.4 Å². The summed E-state index contributed by atoms with van der Waals surface area (Å²) in [7, 11) is -2.47. The fourth-order valence-electron chi connectivity index (χ4n) is 1.01. The molecule has 0 heterocycles. The van der Waals surface area contributed by atoms with E-state index in [1.54, 1.807) is 0 Å². The van der Waals surface area contributed by atoms with Crippen LogP contribution < -0.4 is 0 Å². The summed E-state index contributed by atoms with van der Waals surface area (Å²) in [5.74, 6) is -5.02. The summed E-state index contributed by atoms with van der Waals surface area (Å²) in [5, 5.41) is 68.0. The van der Waals surface area contributed by atoms with Gasteiger partial charge in [0.1, 0.15) is 0 Å². The van der Waals surface area contributed by atoms with Gasteiger partial charge in [0, 0.05) is 0 Å². The number of hydrogen-bond acceptors (Lipinski definition) is 8. The van der Waals surface area contributed by atoms with Crippen molar-refractivity contribution in [1.82, 2.24) is 0 Å². The molecule has 0 radical (unpaired) electrons. The van der Waals surface area contributed by atoms with Gasteiger partial charge in [-0.15, -0.1) is 0 Å². The summed E-state index contributed by atoms with van der Waals surface area (Å²) in [5.41, 5.74) is -2.74. The molecule has 132 valence electrons. The molecule has 0 atom stereocenters. The quantitative estimate of drug-likeness (QED) is 0.200. The minimum absolute atomic E-state index is 0.267. The molecule has 0 aromatic carbocycles. The van der Waals surface area contributed by atoms with Crippen molar-refractivity contribution in [3.63, 3.8) is 0 Å². The molecule has 0 aliphatic heterocycles. The number of aliphatic hydroxyl groups excluding tert-OH is 4. The molecular weight excluding hydrogens is 327 g/mol. The first-order chi connectivity index (χ1) is 10.0. The fourth-order valence-corrected chi connectivity index (χ4v) is 1.61. The Hall–Kier alpha value is -1.36. The van der Waals surface area contributed by atoms with Crippen molar-refractivity contribution in [2.75, 3.05) is 25.4 Å². The SMILES string of the molecule is O=C(O)CC(O)(CC(=O)O)C(=O)O.OC[PH](CO)(CO)CO. The van der Waals surface area contributed by atoms with Crippen LogP contribution in [-0.4, -0.2) is 89.8 Å². The van der Waals surface area contributed by atoms with E-state index in [-0.39, 0.29) is 25.4 Å². The Bertz CT molecular complexity index is 346. The van der Waals surface area contributed by atoms with Gasteiger partial charge in [0.25, 0.3) is 0 Å². The normalized spacial score (nSPS) is 12.0. The third-order valence-electron chi connectivity index (χ3n) is 2.63. The molecule has 0 aliphatic carbocycles. The number of carbonyl (C=O) groups is 3. The van der Waals surface area contributed by atoms with Gasteiger partial charge in [-0.05, 0) is 0 Å². The Morgan fingerprint density at radius 2 is 1.00 bits per heavy atom. The predicted octanol–water partition coefficient (Wildman–Crippen LogP) is -2.71. The van der Waals surface area contributed by atoms with E-state index in [1.165, 1.54) is 0 Å². The number of aliphatic hydroxyl groups is 5. The van der Waals surface area contributed by atoms with Gasteiger partial charge in [-0.2, -0.15) is 0 Å². The molecule has 0 amide bonds. The molecule has 11 nitrogen and oxygen atoms in total. The molecule has 0 aromatic rings. The van der Waals surface area contributed by atoms with Gasteiger partial charge in [-0.25, -0.2) is 4.79 Å². The van der Waals surface area contributed by atoms with Crippen molar-refractivity contribution in [2.24, 2.45) is 0 Å². The van der Waals surface area contributed by atoms with Gasteiger partial charge in [0.15, 0.2) is 5.60 Å². The second kappa shape index (κ2) is 10.4. The standard InChI is InChI=1S/C6H8O7.C4H13O4P/c7-3(8)1-6(13,5(11)12)2-4(9)10;5-1-9(2-6,3-7)4-8/h13H,1-2H2,(H,7,8)(H,9,10)(H,11,12);5-9H,1-4H2. The van der Waals surface area contributed by atoms with E-state index in [0.29, 0.717) is 0 Å². The van der Waals surface area contributed by atoms with E-state index in [2.05, 4.69) is 0 Å². The van der Waals surface area contributed by atoms with Crippen LogP contribution in [0.25, 0.3) is 0 Å². The number of aliphatic carboxylic acids is 3. The second-order valence-electron chi connectivity index (χ2n) is 4.61. The molecule has 8 N–H and O–H groups in total.